The number of rotatable bonds is 7. The summed E-state index contributed by atoms with van der Waals surface area (Å²) in [4.78, 5) is 29.2. The number of amides is 1. The van der Waals surface area contributed by atoms with Gasteiger partial charge < -0.3 is 10.1 Å². The molecule has 1 aromatic heterocycles. The molecule has 0 radical (unpaired) electrons. The van der Waals surface area contributed by atoms with Crippen LogP contribution in [0, 0.1) is 0 Å². The summed E-state index contributed by atoms with van der Waals surface area (Å²) in [6.07, 6.45) is 0. The molecule has 0 fully saturated rings. The first kappa shape index (κ1) is 21.7. The van der Waals surface area contributed by atoms with Gasteiger partial charge in [-0.05, 0) is 23.0 Å². The molecule has 0 atom stereocenters. The third-order valence-electron chi connectivity index (χ3n) is 4.71. The van der Waals surface area contributed by atoms with E-state index in [9.17, 15) is 9.59 Å². The third kappa shape index (κ3) is 5.13. The predicted molar refractivity (Wildman–Crippen MR) is 121 cm³/mol. The molecular formula is C24H26N2O3S. The van der Waals surface area contributed by atoms with E-state index >= 15 is 0 Å². The van der Waals surface area contributed by atoms with E-state index in [0.29, 0.717) is 0 Å². The highest BCUT2D eigenvalue weighted by Crippen LogP contribution is 2.32. The molecule has 0 bridgehead atoms. The summed E-state index contributed by atoms with van der Waals surface area (Å²) in [6.45, 7) is 7.98. The molecule has 5 nitrogen and oxygen atoms in total. The number of aromatic nitrogens is 1. The van der Waals surface area contributed by atoms with Crippen molar-refractivity contribution in [2.45, 2.75) is 39.5 Å². The van der Waals surface area contributed by atoms with Crippen molar-refractivity contribution < 1.29 is 14.3 Å². The lowest BCUT2D eigenvalue weighted by atomic mass is 9.92. The summed E-state index contributed by atoms with van der Waals surface area (Å²) in [5, 5.41) is 5.33. The van der Waals surface area contributed by atoms with E-state index in [-0.39, 0.29) is 30.0 Å². The van der Waals surface area contributed by atoms with E-state index in [0.717, 1.165) is 27.4 Å². The Balaban J connectivity index is 1.66. The predicted octanol–water partition coefficient (Wildman–Crippen LogP) is 5.85. The van der Waals surface area contributed by atoms with E-state index in [1.54, 1.807) is 5.38 Å². The van der Waals surface area contributed by atoms with Gasteiger partial charge in [-0.15, -0.1) is 11.3 Å². The van der Waals surface area contributed by atoms with Crippen LogP contribution in [0.15, 0.2) is 53.9 Å². The van der Waals surface area contributed by atoms with Gasteiger partial charge >= 0.3 is 5.97 Å². The smallest absolute Gasteiger partial charge is 0.358 e. The van der Waals surface area contributed by atoms with Crippen LogP contribution in [0.3, 0.4) is 0 Å². The Morgan fingerprint density at radius 3 is 2.20 bits per heavy atom. The van der Waals surface area contributed by atoms with E-state index in [1.165, 1.54) is 11.3 Å². The number of para-hydroxylation sites is 1. The molecule has 1 amide bonds. The van der Waals surface area contributed by atoms with Gasteiger partial charge in [0.2, 0.25) is 0 Å². The molecule has 1 heterocycles. The van der Waals surface area contributed by atoms with Gasteiger partial charge in [0.15, 0.2) is 12.3 Å². The molecule has 156 valence electrons. The largest absolute Gasteiger partial charge is 0.451 e. The number of benzene rings is 2. The van der Waals surface area contributed by atoms with Crippen molar-refractivity contribution in [2.75, 3.05) is 11.9 Å². The number of hydrogen-bond acceptors (Lipinski definition) is 5. The van der Waals surface area contributed by atoms with Gasteiger partial charge in [-0.2, -0.15) is 0 Å². The van der Waals surface area contributed by atoms with Crippen LogP contribution >= 0.6 is 11.3 Å². The van der Waals surface area contributed by atoms with Gasteiger partial charge in [-0.25, -0.2) is 9.78 Å². The minimum Gasteiger partial charge on any atom is -0.451 e. The minimum absolute atomic E-state index is 0.206. The Hall–Kier alpha value is -2.99. The summed E-state index contributed by atoms with van der Waals surface area (Å²) >= 11 is 1.37. The maximum absolute atomic E-state index is 12.5. The lowest BCUT2D eigenvalue weighted by Crippen LogP contribution is -2.22. The first-order valence-corrected chi connectivity index (χ1v) is 10.9. The molecule has 0 spiro atoms. The van der Waals surface area contributed by atoms with Crippen LogP contribution in [0.1, 0.15) is 61.1 Å². The van der Waals surface area contributed by atoms with Crippen molar-refractivity contribution in [1.82, 2.24) is 4.98 Å². The van der Waals surface area contributed by atoms with Crippen LogP contribution in [0.25, 0.3) is 10.6 Å². The number of nitrogens with one attached hydrogen (secondary N) is 1. The van der Waals surface area contributed by atoms with Gasteiger partial charge in [0.25, 0.3) is 5.91 Å². The Morgan fingerprint density at radius 1 is 0.967 bits per heavy atom. The highest BCUT2D eigenvalue weighted by Gasteiger charge is 2.18. The number of carbonyl (C=O) groups is 2. The number of nitrogens with zero attached hydrogens (tertiary/aromatic N) is 1. The zero-order valence-electron chi connectivity index (χ0n) is 17.6. The number of hydrogen-bond donors (Lipinski definition) is 1. The van der Waals surface area contributed by atoms with Crippen molar-refractivity contribution >= 4 is 28.9 Å². The van der Waals surface area contributed by atoms with Crippen LogP contribution < -0.4 is 5.32 Å². The molecule has 0 saturated carbocycles. The summed E-state index contributed by atoms with van der Waals surface area (Å²) in [5.41, 5.74) is 4.08. The molecule has 1 N–H and O–H groups in total. The fourth-order valence-corrected chi connectivity index (χ4v) is 3.95. The molecule has 0 aliphatic carbocycles. The average molecular weight is 423 g/mol. The first-order valence-electron chi connectivity index (χ1n) is 9.97. The van der Waals surface area contributed by atoms with Crippen LogP contribution in [0.4, 0.5) is 5.69 Å². The Kier molecular flexibility index (Phi) is 7.00. The van der Waals surface area contributed by atoms with Gasteiger partial charge in [0.05, 0.1) is 0 Å². The standard InChI is InChI=1S/C24H26N2O3S/c1-15(2)18-11-8-12-19(16(3)4)22(18)26-21(27)13-29-24(28)20-14-30-23(25-20)17-9-6-5-7-10-17/h5-12,14-16H,13H2,1-4H3,(H,26,27). The van der Waals surface area contributed by atoms with Crippen molar-refractivity contribution in [3.05, 3.63) is 70.7 Å². The number of ether oxygens (including phenoxy) is 1. The fraction of sp³-hybridized carbons (Fsp3) is 0.292. The molecule has 0 aliphatic rings. The van der Waals surface area contributed by atoms with Gasteiger partial charge in [-0.1, -0.05) is 76.2 Å². The molecule has 6 heteroatoms. The van der Waals surface area contributed by atoms with Gasteiger partial charge in [0.1, 0.15) is 5.01 Å². The monoisotopic (exact) mass is 422 g/mol. The molecule has 0 saturated heterocycles. The van der Waals surface area contributed by atoms with Crippen LogP contribution in [0.2, 0.25) is 0 Å². The Bertz CT molecular complexity index is 1000. The second-order valence-electron chi connectivity index (χ2n) is 7.65. The fourth-order valence-electron chi connectivity index (χ4n) is 3.16. The molecular weight excluding hydrogens is 396 g/mol. The van der Waals surface area contributed by atoms with Crippen molar-refractivity contribution in [2.24, 2.45) is 0 Å². The molecule has 3 rings (SSSR count). The maximum atomic E-state index is 12.5. The van der Waals surface area contributed by atoms with Gasteiger partial charge in [0, 0.05) is 16.6 Å². The minimum atomic E-state index is -0.607. The zero-order valence-corrected chi connectivity index (χ0v) is 18.5. The van der Waals surface area contributed by atoms with Crippen LogP contribution in [0.5, 0.6) is 0 Å². The molecule has 2 aromatic carbocycles. The van der Waals surface area contributed by atoms with E-state index in [4.69, 9.17) is 4.74 Å². The quantitative estimate of drug-likeness (QED) is 0.485. The van der Waals surface area contributed by atoms with Crippen molar-refractivity contribution in [3.8, 4) is 10.6 Å². The van der Waals surface area contributed by atoms with Crippen molar-refractivity contribution in [1.29, 1.82) is 0 Å². The highest BCUT2D eigenvalue weighted by molar-refractivity contribution is 7.13. The first-order chi connectivity index (χ1) is 14.4. The number of anilines is 1. The summed E-state index contributed by atoms with van der Waals surface area (Å²) in [7, 11) is 0. The second-order valence-corrected chi connectivity index (χ2v) is 8.51. The molecule has 3 aromatic rings. The van der Waals surface area contributed by atoms with Crippen LogP contribution in [-0.4, -0.2) is 23.5 Å². The lowest BCUT2D eigenvalue weighted by molar-refractivity contribution is -0.119. The summed E-state index contributed by atoms with van der Waals surface area (Å²) in [6, 6.07) is 15.6. The van der Waals surface area contributed by atoms with E-state index in [2.05, 4.69) is 38.0 Å². The summed E-state index contributed by atoms with van der Waals surface area (Å²) in [5.74, 6) is -0.456. The number of esters is 1. The van der Waals surface area contributed by atoms with E-state index < -0.39 is 5.97 Å². The molecule has 0 unspecified atom stereocenters. The topological polar surface area (TPSA) is 68.3 Å². The Morgan fingerprint density at radius 2 is 1.60 bits per heavy atom. The third-order valence-corrected chi connectivity index (χ3v) is 5.60. The normalized spacial score (nSPS) is 11.0. The van der Waals surface area contributed by atoms with Gasteiger partial charge in [-0.3, -0.25) is 4.79 Å². The second kappa shape index (κ2) is 9.67. The maximum Gasteiger partial charge on any atom is 0.358 e. The van der Waals surface area contributed by atoms with Crippen LogP contribution in [-0.2, 0) is 9.53 Å². The number of carbonyl (C=O) groups excluding carboxylic acids is 2. The lowest BCUT2D eigenvalue weighted by Gasteiger charge is -2.20. The SMILES string of the molecule is CC(C)c1cccc(C(C)C)c1NC(=O)COC(=O)c1csc(-c2ccccc2)n1. The summed E-state index contributed by atoms with van der Waals surface area (Å²) < 4.78 is 5.21. The number of thiazole rings is 1. The molecule has 30 heavy (non-hydrogen) atoms. The molecule has 0 aliphatic heterocycles. The van der Waals surface area contributed by atoms with Crippen molar-refractivity contribution in [3.63, 3.8) is 0 Å². The average Bonchev–Trinajstić information content (AvgIpc) is 3.23. The zero-order chi connectivity index (χ0) is 21.7. The van der Waals surface area contributed by atoms with E-state index in [1.807, 2.05) is 48.5 Å². The highest BCUT2D eigenvalue weighted by atomic mass is 32.1. The Labute approximate surface area is 181 Å².